The van der Waals surface area contributed by atoms with Crippen molar-refractivity contribution in [2.75, 3.05) is 17.2 Å². The molecule has 0 saturated heterocycles. The van der Waals surface area contributed by atoms with E-state index < -0.39 is 0 Å². The van der Waals surface area contributed by atoms with Gasteiger partial charge in [0.25, 0.3) is 5.91 Å². The number of pyridine rings is 1. The van der Waals surface area contributed by atoms with Gasteiger partial charge in [0.2, 0.25) is 0 Å². The molecule has 7 nitrogen and oxygen atoms in total. The number of amides is 1. The third kappa shape index (κ3) is 5.93. The van der Waals surface area contributed by atoms with Crippen LogP contribution in [0.1, 0.15) is 16.8 Å². The van der Waals surface area contributed by atoms with Gasteiger partial charge in [-0.25, -0.2) is 9.97 Å². The number of imidazole rings is 1. The molecule has 4 rings (SSSR count). The fourth-order valence-corrected chi connectivity index (χ4v) is 3.03. The number of nitrogens with zero attached hydrogens (tertiary/aromatic N) is 3. The molecule has 1 amide bonds. The Morgan fingerprint density at radius 2 is 1.84 bits per heavy atom. The molecule has 2 aromatic carbocycles. The molecule has 2 N–H and O–H groups in total. The number of para-hydroxylation sites is 1. The number of nitrogens with one attached hydrogen (secondary N) is 2. The zero-order chi connectivity index (χ0) is 21.3. The van der Waals surface area contributed by atoms with Crippen LogP contribution in [0.25, 0.3) is 0 Å². The van der Waals surface area contributed by atoms with Crippen LogP contribution < -0.4 is 15.4 Å². The van der Waals surface area contributed by atoms with E-state index in [-0.39, 0.29) is 5.91 Å². The zero-order valence-corrected chi connectivity index (χ0v) is 16.9. The van der Waals surface area contributed by atoms with Crippen molar-refractivity contribution in [1.82, 2.24) is 14.5 Å². The molecular weight excluding hydrogens is 390 g/mol. The molecular formula is C24H23N5O2. The zero-order valence-electron chi connectivity index (χ0n) is 16.9. The topological polar surface area (TPSA) is 81.1 Å². The van der Waals surface area contributed by atoms with Crippen LogP contribution in [-0.2, 0) is 6.54 Å². The van der Waals surface area contributed by atoms with Crippen LogP contribution >= 0.6 is 0 Å². The molecule has 2 aromatic heterocycles. The molecule has 0 fully saturated rings. The maximum Gasteiger partial charge on any atom is 0.255 e. The molecule has 0 bridgehead atoms. The second-order valence-corrected chi connectivity index (χ2v) is 6.91. The van der Waals surface area contributed by atoms with E-state index in [0.717, 1.165) is 25.3 Å². The molecule has 0 saturated carbocycles. The molecule has 4 aromatic rings. The fraction of sp³-hybridized carbons (Fsp3) is 0.125. The van der Waals surface area contributed by atoms with Crippen LogP contribution in [-0.4, -0.2) is 27.0 Å². The van der Waals surface area contributed by atoms with E-state index in [1.807, 2.05) is 59.3 Å². The molecule has 31 heavy (non-hydrogen) atoms. The van der Waals surface area contributed by atoms with Crippen molar-refractivity contribution in [3.63, 3.8) is 0 Å². The molecule has 0 spiro atoms. The summed E-state index contributed by atoms with van der Waals surface area (Å²) in [4.78, 5) is 21.0. The minimum atomic E-state index is -0.208. The SMILES string of the molecule is O=C(Nc1cccc(Oc2ccccc2)c1)c1ccnc(NCCCn2ccnc2)c1. The molecule has 0 aliphatic heterocycles. The van der Waals surface area contributed by atoms with Crippen LogP contribution in [0, 0.1) is 0 Å². The number of hydrogen-bond acceptors (Lipinski definition) is 5. The number of ether oxygens (including phenoxy) is 1. The minimum Gasteiger partial charge on any atom is -0.457 e. The van der Waals surface area contributed by atoms with Crippen molar-refractivity contribution in [2.24, 2.45) is 0 Å². The van der Waals surface area contributed by atoms with Crippen molar-refractivity contribution >= 4 is 17.4 Å². The smallest absolute Gasteiger partial charge is 0.255 e. The summed E-state index contributed by atoms with van der Waals surface area (Å²) < 4.78 is 7.85. The van der Waals surface area contributed by atoms with Crippen LogP contribution in [0.4, 0.5) is 11.5 Å². The number of hydrogen-bond donors (Lipinski definition) is 2. The molecule has 156 valence electrons. The van der Waals surface area contributed by atoms with E-state index in [0.29, 0.717) is 22.8 Å². The highest BCUT2D eigenvalue weighted by Gasteiger charge is 2.08. The first-order valence-corrected chi connectivity index (χ1v) is 10.1. The average molecular weight is 413 g/mol. The lowest BCUT2D eigenvalue weighted by molar-refractivity contribution is 0.102. The minimum absolute atomic E-state index is 0.208. The molecule has 0 aliphatic carbocycles. The Labute approximate surface area is 180 Å². The van der Waals surface area contributed by atoms with Gasteiger partial charge in [0.15, 0.2) is 0 Å². The first kappa shape index (κ1) is 20.2. The summed E-state index contributed by atoms with van der Waals surface area (Å²) in [6.07, 6.45) is 8.04. The average Bonchev–Trinajstić information content (AvgIpc) is 3.32. The van der Waals surface area contributed by atoms with Crippen LogP contribution in [0.15, 0.2) is 91.6 Å². The second kappa shape index (κ2) is 10.1. The predicted octanol–water partition coefficient (Wildman–Crippen LogP) is 4.82. The number of aromatic nitrogens is 3. The quantitative estimate of drug-likeness (QED) is 0.384. The van der Waals surface area contributed by atoms with E-state index in [9.17, 15) is 4.79 Å². The van der Waals surface area contributed by atoms with Crippen molar-refractivity contribution in [1.29, 1.82) is 0 Å². The Kier molecular flexibility index (Phi) is 6.54. The first-order valence-electron chi connectivity index (χ1n) is 10.1. The molecule has 0 radical (unpaired) electrons. The lowest BCUT2D eigenvalue weighted by atomic mass is 10.2. The van der Waals surface area contributed by atoms with Gasteiger partial charge in [0, 0.05) is 49.0 Å². The predicted molar refractivity (Wildman–Crippen MR) is 120 cm³/mol. The Balaban J connectivity index is 1.33. The normalized spacial score (nSPS) is 10.5. The number of anilines is 2. The van der Waals surface area contributed by atoms with Gasteiger partial charge in [-0.3, -0.25) is 4.79 Å². The van der Waals surface area contributed by atoms with E-state index in [1.165, 1.54) is 0 Å². The van der Waals surface area contributed by atoms with Gasteiger partial charge >= 0.3 is 0 Å². The Hall–Kier alpha value is -4.13. The highest BCUT2D eigenvalue weighted by Crippen LogP contribution is 2.24. The molecule has 2 heterocycles. The number of aryl methyl sites for hydroxylation is 1. The van der Waals surface area contributed by atoms with Gasteiger partial charge < -0.3 is 19.9 Å². The second-order valence-electron chi connectivity index (χ2n) is 6.91. The summed E-state index contributed by atoms with van der Waals surface area (Å²) in [5.74, 6) is 1.85. The van der Waals surface area contributed by atoms with Gasteiger partial charge in [0.1, 0.15) is 17.3 Å². The van der Waals surface area contributed by atoms with Gasteiger partial charge in [-0.1, -0.05) is 24.3 Å². The van der Waals surface area contributed by atoms with E-state index in [4.69, 9.17) is 4.74 Å². The summed E-state index contributed by atoms with van der Waals surface area (Å²) in [5.41, 5.74) is 1.19. The van der Waals surface area contributed by atoms with Gasteiger partial charge in [-0.15, -0.1) is 0 Å². The number of carbonyl (C=O) groups excluding carboxylic acids is 1. The van der Waals surface area contributed by atoms with E-state index in [2.05, 4.69) is 20.6 Å². The van der Waals surface area contributed by atoms with Crippen LogP contribution in [0.5, 0.6) is 11.5 Å². The standard InChI is InChI=1S/C24H23N5O2/c30-24(28-20-6-4-9-22(17-20)31-21-7-2-1-3-8-21)19-10-12-27-23(16-19)26-11-5-14-29-15-13-25-18-29/h1-4,6-10,12-13,15-18H,5,11,14H2,(H,26,27)(H,28,30). The Morgan fingerprint density at radius 3 is 2.68 bits per heavy atom. The monoisotopic (exact) mass is 413 g/mol. The Bertz CT molecular complexity index is 1110. The fourth-order valence-electron chi connectivity index (χ4n) is 3.03. The first-order chi connectivity index (χ1) is 15.3. The number of benzene rings is 2. The lowest BCUT2D eigenvalue weighted by Gasteiger charge is -2.10. The van der Waals surface area contributed by atoms with Crippen molar-refractivity contribution in [2.45, 2.75) is 13.0 Å². The maximum absolute atomic E-state index is 12.7. The Morgan fingerprint density at radius 1 is 0.968 bits per heavy atom. The maximum atomic E-state index is 12.7. The molecule has 7 heteroatoms. The highest BCUT2D eigenvalue weighted by molar-refractivity contribution is 6.04. The summed E-state index contributed by atoms with van der Waals surface area (Å²) in [6.45, 7) is 1.61. The summed E-state index contributed by atoms with van der Waals surface area (Å²) >= 11 is 0. The molecule has 0 unspecified atom stereocenters. The number of carbonyl (C=O) groups is 1. The largest absolute Gasteiger partial charge is 0.457 e. The van der Waals surface area contributed by atoms with E-state index >= 15 is 0 Å². The molecule has 0 atom stereocenters. The van der Waals surface area contributed by atoms with Crippen molar-refractivity contribution in [3.05, 3.63) is 97.2 Å². The lowest BCUT2D eigenvalue weighted by Crippen LogP contribution is -2.13. The highest BCUT2D eigenvalue weighted by atomic mass is 16.5. The van der Waals surface area contributed by atoms with Crippen LogP contribution in [0.3, 0.4) is 0 Å². The summed E-state index contributed by atoms with van der Waals surface area (Å²) in [7, 11) is 0. The van der Waals surface area contributed by atoms with Gasteiger partial charge in [-0.05, 0) is 42.8 Å². The third-order valence-electron chi connectivity index (χ3n) is 4.55. The van der Waals surface area contributed by atoms with Gasteiger partial charge in [-0.2, -0.15) is 0 Å². The van der Waals surface area contributed by atoms with Crippen molar-refractivity contribution < 1.29 is 9.53 Å². The summed E-state index contributed by atoms with van der Waals surface area (Å²) in [5, 5.41) is 6.17. The van der Waals surface area contributed by atoms with Gasteiger partial charge in [0.05, 0.1) is 6.33 Å². The van der Waals surface area contributed by atoms with E-state index in [1.54, 1.807) is 36.9 Å². The number of rotatable bonds is 9. The third-order valence-corrected chi connectivity index (χ3v) is 4.55. The molecule has 0 aliphatic rings. The van der Waals surface area contributed by atoms with Crippen molar-refractivity contribution in [3.8, 4) is 11.5 Å². The van der Waals surface area contributed by atoms with Crippen LogP contribution in [0.2, 0.25) is 0 Å². The summed E-state index contributed by atoms with van der Waals surface area (Å²) in [6, 6.07) is 20.3.